The first-order valence-corrected chi connectivity index (χ1v) is 2.88. The predicted molar refractivity (Wildman–Crippen MR) is 31.4 cm³/mol. The van der Waals surface area contributed by atoms with Crippen molar-refractivity contribution in [2.75, 3.05) is 6.61 Å². The molecule has 0 saturated carbocycles. The SMILES string of the molecule is N[C@@]1(O)[CH]O[C@@H](CO)[C@@H]1O. The zero-order valence-corrected chi connectivity index (χ0v) is 5.27. The van der Waals surface area contributed by atoms with Crippen LogP contribution in [0.1, 0.15) is 0 Å². The van der Waals surface area contributed by atoms with Crippen LogP contribution in [0, 0.1) is 6.61 Å². The van der Waals surface area contributed by atoms with Crippen LogP contribution in [-0.4, -0.2) is 39.9 Å². The minimum Gasteiger partial charge on any atom is -0.394 e. The van der Waals surface area contributed by atoms with E-state index in [9.17, 15) is 0 Å². The Morgan fingerprint density at radius 2 is 2.30 bits per heavy atom. The third-order valence-electron chi connectivity index (χ3n) is 1.44. The zero-order valence-electron chi connectivity index (χ0n) is 5.27. The molecule has 0 unspecified atom stereocenters. The average Bonchev–Trinajstić information content (AvgIpc) is 2.10. The monoisotopic (exact) mass is 148 g/mol. The minimum absolute atomic E-state index is 0.364. The second-order valence-corrected chi connectivity index (χ2v) is 2.31. The van der Waals surface area contributed by atoms with Gasteiger partial charge in [-0.3, -0.25) is 5.73 Å². The number of nitrogens with two attached hydrogens (primary N) is 1. The number of rotatable bonds is 1. The predicted octanol–water partition coefficient (Wildman–Crippen LogP) is -2.45. The van der Waals surface area contributed by atoms with Gasteiger partial charge in [-0.15, -0.1) is 0 Å². The second-order valence-electron chi connectivity index (χ2n) is 2.31. The molecule has 1 rings (SSSR count). The molecule has 1 aliphatic rings. The van der Waals surface area contributed by atoms with E-state index in [1.165, 1.54) is 0 Å². The highest BCUT2D eigenvalue weighted by Crippen LogP contribution is 2.22. The van der Waals surface area contributed by atoms with Gasteiger partial charge in [0.15, 0.2) is 5.72 Å². The van der Waals surface area contributed by atoms with Gasteiger partial charge in [0.05, 0.1) is 6.61 Å². The Balaban J connectivity index is 2.58. The zero-order chi connectivity index (χ0) is 7.78. The third-order valence-corrected chi connectivity index (χ3v) is 1.44. The van der Waals surface area contributed by atoms with Crippen LogP contribution in [0.4, 0.5) is 0 Å². The Kier molecular flexibility index (Phi) is 1.93. The van der Waals surface area contributed by atoms with E-state index in [2.05, 4.69) is 4.74 Å². The Morgan fingerprint density at radius 3 is 2.50 bits per heavy atom. The van der Waals surface area contributed by atoms with E-state index in [0.717, 1.165) is 6.61 Å². The second kappa shape index (κ2) is 2.44. The highest BCUT2D eigenvalue weighted by atomic mass is 16.5. The lowest BCUT2D eigenvalue weighted by molar-refractivity contribution is -0.0471. The van der Waals surface area contributed by atoms with Crippen LogP contribution in [0.25, 0.3) is 0 Å². The van der Waals surface area contributed by atoms with E-state index < -0.39 is 17.9 Å². The lowest BCUT2D eigenvalue weighted by atomic mass is 10.1. The van der Waals surface area contributed by atoms with Crippen molar-refractivity contribution in [2.45, 2.75) is 17.9 Å². The van der Waals surface area contributed by atoms with Gasteiger partial charge in [0, 0.05) is 0 Å². The Hall–Kier alpha value is -0.200. The van der Waals surface area contributed by atoms with Crippen LogP contribution < -0.4 is 5.73 Å². The van der Waals surface area contributed by atoms with E-state index in [1.807, 2.05) is 0 Å². The summed E-state index contributed by atoms with van der Waals surface area (Å²) >= 11 is 0. The molecule has 1 saturated heterocycles. The van der Waals surface area contributed by atoms with Crippen molar-refractivity contribution in [1.82, 2.24) is 0 Å². The van der Waals surface area contributed by atoms with Gasteiger partial charge in [0.2, 0.25) is 0 Å². The molecule has 1 fully saturated rings. The fourth-order valence-electron chi connectivity index (χ4n) is 0.781. The van der Waals surface area contributed by atoms with Gasteiger partial charge in [-0.05, 0) is 0 Å². The van der Waals surface area contributed by atoms with Crippen LogP contribution >= 0.6 is 0 Å². The summed E-state index contributed by atoms with van der Waals surface area (Å²) in [6.07, 6.45) is -2.06. The van der Waals surface area contributed by atoms with Crippen LogP contribution in [0.15, 0.2) is 0 Å². The van der Waals surface area contributed by atoms with Gasteiger partial charge in [0.1, 0.15) is 18.8 Å². The van der Waals surface area contributed by atoms with Gasteiger partial charge in [-0.2, -0.15) is 0 Å². The van der Waals surface area contributed by atoms with Crippen molar-refractivity contribution in [3.63, 3.8) is 0 Å². The van der Waals surface area contributed by atoms with Crippen LogP contribution in [0.2, 0.25) is 0 Å². The maximum absolute atomic E-state index is 9.03. The molecule has 1 heterocycles. The van der Waals surface area contributed by atoms with Gasteiger partial charge < -0.3 is 20.1 Å². The number of ether oxygens (including phenoxy) is 1. The van der Waals surface area contributed by atoms with E-state index in [4.69, 9.17) is 21.1 Å². The summed E-state index contributed by atoms with van der Waals surface area (Å²) in [6, 6.07) is 0. The Morgan fingerprint density at radius 1 is 1.70 bits per heavy atom. The summed E-state index contributed by atoms with van der Waals surface area (Å²) in [4.78, 5) is 0. The summed E-state index contributed by atoms with van der Waals surface area (Å²) in [7, 11) is 0. The molecule has 59 valence electrons. The minimum atomic E-state index is -1.83. The van der Waals surface area contributed by atoms with E-state index >= 15 is 0 Å². The standard InChI is InChI=1S/C5H10NO4/c6-5(9)2-10-3(1-7)4(5)8/h2-4,7-9H,1,6H2/t3-,4-,5+/m0/s1. The molecule has 0 amide bonds. The molecule has 0 aromatic rings. The molecule has 1 aliphatic heterocycles. The van der Waals surface area contributed by atoms with Crippen molar-refractivity contribution in [2.24, 2.45) is 5.73 Å². The van der Waals surface area contributed by atoms with Gasteiger partial charge in [-0.25, -0.2) is 0 Å². The molecule has 5 heteroatoms. The third kappa shape index (κ3) is 1.14. The molecule has 0 bridgehead atoms. The highest BCUT2D eigenvalue weighted by Gasteiger charge is 2.45. The fourth-order valence-corrected chi connectivity index (χ4v) is 0.781. The topological polar surface area (TPSA) is 95.9 Å². The van der Waals surface area contributed by atoms with E-state index in [-0.39, 0.29) is 6.61 Å². The van der Waals surface area contributed by atoms with Crippen LogP contribution in [0.5, 0.6) is 0 Å². The molecule has 10 heavy (non-hydrogen) atoms. The number of aliphatic hydroxyl groups excluding tert-OH is 2. The molecular weight excluding hydrogens is 138 g/mol. The first-order valence-electron chi connectivity index (χ1n) is 2.88. The lowest BCUT2D eigenvalue weighted by Gasteiger charge is -2.19. The molecule has 0 aliphatic carbocycles. The Labute approximate surface area is 58.0 Å². The maximum atomic E-state index is 9.03. The van der Waals surface area contributed by atoms with Crippen molar-refractivity contribution < 1.29 is 20.1 Å². The first-order chi connectivity index (χ1) is 4.58. The van der Waals surface area contributed by atoms with Gasteiger partial charge >= 0.3 is 0 Å². The Bertz CT molecular complexity index is 127. The molecule has 3 atom stereocenters. The van der Waals surface area contributed by atoms with Crippen molar-refractivity contribution in [3.05, 3.63) is 6.61 Å². The van der Waals surface area contributed by atoms with E-state index in [1.54, 1.807) is 0 Å². The molecule has 0 aromatic heterocycles. The molecular formula is C5H10NO4. The smallest absolute Gasteiger partial charge is 0.171 e. The summed E-state index contributed by atoms with van der Waals surface area (Å²) in [6.45, 7) is 0.551. The van der Waals surface area contributed by atoms with E-state index in [0.29, 0.717) is 0 Å². The molecule has 5 nitrogen and oxygen atoms in total. The van der Waals surface area contributed by atoms with Gasteiger partial charge in [-0.1, -0.05) is 0 Å². The van der Waals surface area contributed by atoms with Crippen LogP contribution in [0.3, 0.4) is 0 Å². The van der Waals surface area contributed by atoms with Gasteiger partial charge in [0.25, 0.3) is 0 Å². The summed E-state index contributed by atoms with van der Waals surface area (Å²) in [5.74, 6) is 0. The molecule has 1 radical (unpaired) electrons. The lowest BCUT2D eigenvalue weighted by Crippen LogP contribution is -2.50. The number of aliphatic hydroxyl groups is 3. The first kappa shape index (κ1) is 7.90. The summed E-state index contributed by atoms with van der Waals surface area (Å²) < 4.78 is 4.63. The fraction of sp³-hybridized carbons (Fsp3) is 0.800. The number of hydrogen-bond acceptors (Lipinski definition) is 5. The number of hydrogen-bond donors (Lipinski definition) is 4. The van der Waals surface area contributed by atoms with Crippen molar-refractivity contribution in [1.29, 1.82) is 0 Å². The largest absolute Gasteiger partial charge is 0.394 e. The summed E-state index contributed by atoms with van der Waals surface area (Å²) in [5, 5.41) is 26.5. The average molecular weight is 148 g/mol. The quantitative estimate of drug-likeness (QED) is 0.309. The van der Waals surface area contributed by atoms with Crippen LogP contribution in [-0.2, 0) is 4.74 Å². The molecule has 5 N–H and O–H groups in total. The highest BCUT2D eigenvalue weighted by molar-refractivity contribution is 4.99. The molecule has 0 spiro atoms. The van der Waals surface area contributed by atoms with Crippen molar-refractivity contribution >= 4 is 0 Å². The normalized spacial score (nSPS) is 48.0. The summed E-state index contributed by atoms with van der Waals surface area (Å²) in [5.41, 5.74) is 3.28. The van der Waals surface area contributed by atoms with Crippen molar-refractivity contribution in [3.8, 4) is 0 Å². The maximum Gasteiger partial charge on any atom is 0.171 e. The molecule has 0 aromatic carbocycles.